The van der Waals surface area contributed by atoms with Crippen molar-refractivity contribution in [2.24, 2.45) is 0 Å². The van der Waals surface area contributed by atoms with Crippen LogP contribution in [0.15, 0.2) is 6.20 Å². The number of amides is 1. The molecule has 1 heterocycles. The second-order valence-electron chi connectivity index (χ2n) is 7.69. The fraction of sp³-hybridized carbons (Fsp3) is 0.722. The molecule has 0 spiro atoms. The predicted molar refractivity (Wildman–Crippen MR) is 95.8 cm³/mol. The average Bonchev–Trinajstić information content (AvgIpc) is 2.92. The fourth-order valence-corrected chi connectivity index (χ4v) is 3.42. The lowest BCUT2D eigenvalue weighted by molar-refractivity contribution is -0.139. The van der Waals surface area contributed by atoms with Gasteiger partial charge in [-0.25, -0.2) is 0 Å². The van der Waals surface area contributed by atoms with Gasteiger partial charge in [0.25, 0.3) is 5.91 Å². The summed E-state index contributed by atoms with van der Waals surface area (Å²) >= 11 is 0. The summed E-state index contributed by atoms with van der Waals surface area (Å²) in [5.41, 5.74) is 1.42. The fourth-order valence-electron chi connectivity index (χ4n) is 3.42. The van der Waals surface area contributed by atoms with Gasteiger partial charge in [0, 0.05) is 12.1 Å². The first kappa shape index (κ1) is 19.4. The Hall–Kier alpha value is -1.89. The number of carbonyl (C=O) groups excluding carboxylic acids is 1. The Bertz CT molecular complexity index is 627. The molecule has 0 bridgehead atoms. The molecule has 2 rings (SSSR count). The summed E-state index contributed by atoms with van der Waals surface area (Å²) in [6.45, 7) is 11.0. The van der Waals surface area contributed by atoms with Gasteiger partial charge in [-0.2, -0.15) is 5.10 Å². The smallest absolute Gasteiger partial charge is 0.317 e. The van der Waals surface area contributed by atoms with Gasteiger partial charge in [0.2, 0.25) is 0 Å². The number of hydrogen-bond acceptors (Lipinski definition) is 4. The zero-order chi connectivity index (χ0) is 18.8. The van der Waals surface area contributed by atoms with E-state index in [1.54, 1.807) is 6.20 Å². The van der Waals surface area contributed by atoms with Gasteiger partial charge in [-0.15, -0.1) is 0 Å². The molecule has 2 N–H and O–H groups in total. The molecule has 7 heteroatoms. The molecule has 25 heavy (non-hydrogen) atoms. The molecule has 0 unspecified atom stereocenters. The molecule has 1 aromatic rings. The average molecular weight is 350 g/mol. The highest BCUT2D eigenvalue weighted by molar-refractivity contribution is 5.95. The van der Waals surface area contributed by atoms with E-state index in [4.69, 9.17) is 5.11 Å². The Labute approximate surface area is 149 Å². The zero-order valence-corrected chi connectivity index (χ0v) is 15.9. The summed E-state index contributed by atoms with van der Waals surface area (Å²) in [6, 6.07) is 0.331. The highest BCUT2D eigenvalue weighted by Crippen LogP contribution is 2.26. The summed E-state index contributed by atoms with van der Waals surface area (Å²) in [4.78, 5) is 25.5. The third kappa shape index (κ3) is 4.39. The predicted octanol–water partition coefficient (Wildman–Crippen LogP) is 1.87. The molecular formula is C18H30N4O3. The molecule has 1 amide bonds. The number of carboxylic acids is 1. The van der Waals surface area contributed by atoms with E-state index >= 15 is 0 Å². The van der Waals surface area contributed by atoms with E-state index in [9.17, 15) is 9.59 Å². The molecule has 140 valence electrons. The van der Waals surface area contributed by atoms with Crippen molar-refractivity contribution in [1.82, 2.24) is 20.0 Å². The molecule has 0 saturated heterocycles. The number of rotatable bonds is 7. The van der Waals surface area contributed by atoms with Crippen LogP contribution in [0.3, 0.4) is 0 Å². The summed E-state index contributed by atoms with van der Waals surface area (Å²) in [7, 11) is 0. The first-order chi connectivity index (χ1) is 11.7. The van der Waals surface area contributed by atoms with E-state index in [1.165, 1.54) is 0 Å². The molecule has 0 aromatic carbocycles. The van der Waals surface area contributed by atoms with Crippen molar-refractivity contribution in [2.75, 3.05) is 13.1 Å². The van der Waals surface area contributed by atoms with Crippen molar-refractivity contribution in [1.29, 1.82) is 0 Å². The van der Waals surface area contributed by atoms with E-state index in [2.05, 4.69) is 31.2 Å². The number of aliphatic carboxylic acids is 1. The van der Waals surface area contributed by atoms with Gasteiger partial charge in [0.05, 0.1) is 29.5 Å². The van der Waals surface area contributed by atoms with Crippen molar-refractivity contribution in [3.8, 4) is 0 Å². The SMILES string of the molecule is CCc1c(C(=O)NC2CC(N(CC)CC(=O)O)C2)cnn1C(C)(C)C. The third-order valence-corrected chi connectivity index (χ3v) is 4.79. The Morgan fingerprint density at radius 1 is 1.36 bits per heavy atom. The van der Waals surface area contributed by atoms with Gasteiger partial charge in [-0.3, -0.25) is 19.2 Å². The summed E-state index contributed by atoms with van der Waals surface area (Å²) in [6.07, 6.45) is 3.98. The Morgan fingerprint density at radius 3 is 2.48 bits per heavy atom. The number of nitrogens with zero attached hydrogens (tertiary/aromatic N) is 3. The van der Waals surface area contributed by atoms with E-state index in [1.807, 2.05) is 23.4 Å². The number of aromatic nitrogens is 2. The topological polar surface area (TPSA) is 87.5 Å². The molecular weight excluding hydrogens is 320 g/mol. The van der Waals surface area contributed by atoms with Gasteiger partial charge >= 0.3 is 5.97 Å². The minimum Gasteiger partial charge on any atom is -0.480 e. The lowest BCUT2D eigenvalue weighted by Crippen LogP contribution is -2.54. The Morgan fingerprint density at radius 2 is 2.00 bits per heavy atom. The highest BCUT2D eigenvalue weighted by atomic mass is 16.4. The quantitative estimate of drug-likeness (QED) is 0.784. The van der Waals surface area contributed by atoms with Crippen LogP contribution in [0.4, 0.5) is 0 Å². The molecule has 0 atom stereocenters. The second kappa shape index (κ2) is 7.56. The maximum Gasteiger partial charge on any atom is 0.317 e. The van der Waals surface area contributed by atoms with Gasteiger partial charge < -0.3 is 10.4 Å². The first-order valence-electron chi connectivity index (χ1n) is 9.01. The van der Waals surface area contributed by atoms with Crippen LogP contribution >= 0.6 is 0 Å². The maximum absolute atomic E-state index is 12.6. The second-order valence-corrected chi connectivity index (χ2v) is 7.69. The number of carboxylic acid groups (broad SMARTS) is 1. The lowest BCUT2D eigenvalue weighted by atomic mass is 9.85. The molecule has 1 fully saturated rings. The largest absolute Gasteiger partial charge is 0.480 e. The third-order valence-electron chi connectivity index (χ3n) is 4.79. The molecule has 0 radical (unpaired) electrons. The van der Waals surface area contributed by atoms with Crippen LogP contribution in [-0.2, 0) is 16.8 Å². The van der Waals surface area contributed by atoms with Gasteiger partial charge in [-0.05, 0) is 46.6 Å². The van der Waals surface area contributed by atoms with Crippen molar-refractivity contribution in [3.05, 3.63) is 17.5 Å². The van der Waals surface area contributed by atoms with E-state index < -0.39 is 5.97 Å². The maximum atomic E-state index is 12.6. The number of hydrogen-bond donors (Lipinski definition) is 2. The standard InChI is InChI=1S/C18H30N4O3/c1-6-15-14(10-19-22(15)18(3,4)5)17(25)20-12-8-13(9-12)21(7-2)11-16(23)24/h10,12-13H,6-9,11H2,1-5H3,(H,20,25)(H,23,24). The van der Waals surface area contributed by atoms with E-state index in [0.29, 0.717) is 12.1 Å². The van der Waals surface area contributed by atoms with E-state index in [-0.39, 0.29) is 30.1 Å². The molecule has 7 nitrogen and oxygen atoms in total. The number of likely N-dealkylation sites (N-methyl/N-ethyl adjacent to an activating group) is 1. The van der Waals surface area contributed by atoms with Gasteiger partial charge in [-0.1, -0.05) is 13.8 Å². The highest BCUT2D eigenvalue weighted by Gasteiger charge is 2.35. The number of carbonyl (C=O) groups is 2. The van der Waals surface area contributed by atoms with Crippen LogP contribution in [-0.4, -0.2) is 56.8 Å². The molecule has 1 saturated carbocycles. The zero-order valence-electron chi connectivity index (χ0n) is 15.9. The van der Waals surface area contributed by atoms with Crippen molar-refractivity contribution in [2.45, 2.75) is 71.5 Å². The summed E-state index contributed by atoms with van der Waals surface area (Å²) in [5.74, 6) is -0.895. The normalized spacial score (nSPS) is 20.4. The molecule has 0 aliphatic heterocycles. The Kier molecular flexibility index (Phi) is 5.87. The minimum atomic E-state index is -0.809. The molecule has 1 aliphatic carbocycles. The van der Waals surface area contributed by atoms with Crippen LogP contribution in [0.5, 0.6) is 0 Å². The lowest BCUT2D eigenvalue weighted by Gasteiger charge is -2.42. The van der Waals surface area contributed by atoms with Gasteiger partial charge in [0.1, 0.15) is 0 Å². The van der Waals surface area contributed by atoms with Crippen molar-refractivity contribution < 1.29 is 14.7 Å². The summed E-state index contributed by atoms with van der Waals surface area (Å²) in [5, 5.41) is 16.4. The van der Waals surface area contributed by atoms with Crippen molar-refractivity contribution >= 4 is 11.9 Å². The van der Waals surface area contributed by atoms with Crippen LogP contribution in [0.1, 0.15) is 63.5 Å². The molecule has 1 aromatic heterocycles. The van der Waals surface area contributed by atoms with Crippen LogP contribution in [0.2, 0.25) is 0 Å². The van der Waals surface area contributed by atoms with Crippen LogP contribution in [0, 0.1) is 0 Å². The van der Waals surface area contributed by atoms with Crippen molar-refractivity contribution in [3.63, 3.8) is 0 Å². The molecule has 1 aliphatic rings. The minimum absolute atomic E-state index is 0.0557. The van der Waals surface area contributed by atoms with Crippen LogP contribution in [0.25, 0.3) is 0 Å². The first-order valence-corrected chi connectivity index (χ1v) is 9.01. The van der Waals surface area contributed by atoms with Crippen LogP contribution < -0.4 is 5.32 Å². The summed E-state index contributed by atoms with van der Waals surface area (Å²) < 4.78 is 1.91. The van der Waals surface area contributed by atoms with Gasteiger partial charge in [0.15, 0.2) is 0 Å². The Balaban J connectivity index is 1.96. The number of nitrogens with one attached hydrogen (secondary N) is 1. The van der Waals surface area contributed by atoms with E-state index in [0.717, 1.165) is 25.0 Å². The monoisotopic (exact) mass is 350 g/mol.